The Morgan fingerprint density at radius 3 is 2.52 bits per heavy atom. The van der Waals surface area contributed by atoms with E-state index in [0.717, 1.165) is 4.90 Å². The molecule has 1 fully saturated rings. The van der Waals surface area contributed by atoms with Crippen LogP contribution in [-0.4, -0.2) is 57.2 Å². The lowest BCUT2D eigenvalue weighted by Crippen LogP contribution is -2.45. The van der Waals surface area contributed by atoms with Gasteiger partial charge < -0.3 is 10.1 Å². The minimum atomic E-state index is -4.46. The fourth-order valence-electron chi connectivity index (χ4n) is 2.67. The van der Waals surface area contributed by atoms with Crippen LogP contribution in [0.5, 0.6) is 0 Å². The van der Waals surface area contributed by atoms with Crippen LogP contribution in [-0.2, 0) is 16.1 Å². The summed E-state index contributed by atoms with van der Waals surface area (Å²) in [6.45, 7) is 4.73. The largest absolute Gasteiger partial charge is 0.444 e. The van der Waals surface area contributed by atoms with Crippen molar-refractivity contribution in [1.29, 1.82) is 0 Å². The molecule has 0 saturated carbocycles. The number of rotatable bonds is 3. The molecule has 1 aromatic heterocycles. The van der Waals surface area contributed by atoms with Crippen molar-refractivity contribution in [2.45, 2.75) is 64.7 Å². The van der Waals surface area contributed by atoms with Crippen molar-refractivity contribution in [1.82, 2.24) is 14.7 Å². The van der Waals surface area contributed by atoms with Gasteiger partial charge in [0.2, 0.25) is 5.91 Å². The number of ether oxygens (including phenoxy) is 1. The first-order valence-electron chi connectivity index (χ1n) is 8.31. The molecule has 0 aliphatic carbocycles. The second-order valence-electron chi connectivity index (χ2n) is 7.41. The number of hydrogen-bond acceptors (Lipinski definition) is 4. The summed E-state index contributed by atoms with van der Waals surface area (Å²) in [5.74, 6) is -0.842. The van der Waals surface area contributed by atoms with Crippen LogP contribution in [0.25, 0.3) is 0 Å². The number of amides is 2. The van der Waals surface area contributed by atoms with Crippen molar-refractivity contribution in [3.8, 4) is 0 Å². The van der Waals surface area contributed by atoms with Gasteiger partial charge >= 0.3 is 12.3 Å². The van der Waals surface area contributed by atoms with Crippen molar-refractivity contribution in [2.24, 2.45) is 0 Å². The highest BCUT2D eigenvalue weighted by Crippen LogP contribution is 2.25. The molecule has 0 bridgehead atoms. The van der Waals surface area contributed by atoms with Crippen LogP contribution in [0.2, 0.25) is 0 Å². The number of halogens is 4. The van der Waals surface area contributed by atoms with Gasteiger partial charge in [0, 0.05) is 18.2 Å². The number of likely N-dealkylation sites (tertiary alicyclic amines) is 1. The first-order chi connectivity index (χ1) is 12.2. The number of nitrogens with one attached hydrogen (secondary N) is 1. The summed E-state index contributed by atoms with van der Waals surface area (Å²) in [4.78, 5) is 25.6. The zero-order valence-corrected chi connectivity index (χ0v) is 15.4. The molecule has 11 heteroatoms. The van der Waals surface area contributed by atoms with Crippen LogP contribution in [0.1, 0.15) is 32.9 Å². The normalized spacial score (nSPS) is 20.7. The number of aromatic nitrogens is 2. The summed E-state index contributed by atoms with van der Waals surface area (Å²) >= 11 is 0. The molecule has 1 aliphatic heterocycles. The smallest absolute Gasteiger partial charge is 0.411 e. The predicted octanol–water partition coefficient (Wildman–Crippen LogP) is 3.04. The number of carbonyl (C=O) groups is 2. The van der Waals surface area contributed by atoms with Gasteiger partial charge in [-0.1, -0.05) is 0 Å². The molecule has 0 radical (unpaired) electrons. The Morgan fingerprint density at radius 1 is 1.33 bits per heavy atom. The van der Waals surface area contributed by atoms with Crippen molar-refractivity contribution in [3.05, 3.63) is 11.8 Å². The molecule has 0 spiro atoms. The molecule has 2 atom stereocenters. The Hall–Kier alpha value is -2.33. The standard InChI is InChI=1S/C16H22F4N4O3/c1-9-5-12(22-24(9)8-16(18,19)20)21-13(25)11-6-10(17)7-23(11)14(26)27-15(2,3)4/h5,10-11H,6-8H2,1-4H3,(H,21,22,25)/t10-,11+/m1/s1. The van der Waals surface area contributed by atoms with Gasteiger partial charge in [-0.2, -0.15) is 18.3 Å². The Labute approximate surface area is 153 Å². The predicted molar refractivity (Wildman–Crippen MR) is 87.9 cm³/mol. The Bertz CT molecular complexity index is 711. The summed E-state index contributed by atoms with van der Waals surface area (Å²) in [5, 5.41) is 6.04. The zero-order chi connectivity index (χ0) is 20.6. The van der Waals surface area contributed by atoms with E-state index in [1.54, 1.807) is 20.8 Å². The van der Waals surface area contributed by atoms with E-state index in [-0.39, 0.29) is 24.5 Å². The maximum Gasteiger partial charge on any atom is 0.411 e. The quantitative estimate of drug-likeness (QED) is 0.800. The average Bonchev–Trinajstić information content (AvgIpc) is 2.99. The zero-order valence-electron chi connectivity index (χ0n) is 15.4. The number of anilines is 1. The first kappa shape index (κ1) is 21.0. The van der Waals surface area contributed by atoms with Gasteiger partial charge in [-0.25, -0.2) is 9.18 Å². The third-order valence-corrected chi connectivity index (χ3v) is 3.74. The summed E-state index contributed by atoms with van der Waals surface area (Å²) in [5.41, 5.74) is -0.624. The topological polar surface area (TPSA) is 76.5 Å². The van der Waals surface area contributed by atoms with Gasteiger partial charge in [-0.05, 0) is 27.7 Å². The average molecular weight is 394 g/mol. The summed E-state index contributed by atoms with van der Waals surface area (Å²) in [6.07, 6.45) is -6.93. The van der Waals surface area contributed by atoms with Crippen molar-refractivity contribution < 1.29 is 31.9 Å². The molecule has 1 aliphatic rings. The summed E-state index contributed by atoms with van der Waals surface area (Å²) < 4.78 is 57.2. The van der Waals surface area contributed by atoms with E-state index in [4.69, 9.17) is 4.74 Å². The van der Waals surface area contributed by atoms with E-state index in [1.165, 1.54) is 13.0 Å². The molecule has 2 amide bonds. The van der Waals surface area contributed by atoms with Gasteiger partial charge in [-0.15, -0.1) is 0 Å². The van der Waals surface area contributed by atoms with Crippen LogP contribution >= 0.6 is 0 Å². The summed E-state index contributed by atoms with van der Waals surface area (Å²) in [7, 11) is 0. The van der Waals surface area contributed by atoms with Gasteiger partial charge in [-0.3, -0.25) is 14.4 Å². The van der Waals surface area contributed by atoms with Gasteiger partial charge in [0.15, 0.2) is 5.82 Å². The molecular weight excluding hydrogens is 372 g/mol. The van der Waals surface area contributed by atoms with E-state index >= 15 is 0 Å². The van der Waals surface area contributed by atoms with Crippen LogP contribution < -0.4 is 5.32 Å². The number of alkyl halides is 4. The molecule has 0 unspecified atom stereocenters. The highest BCUT2D eigenvalue weighted by atomic mass is 19.4. The van der Waals surface area contributed by atoms with E-state index in [0.29, 0.717) is 4.68 Å². The molecule has 0 aromatic carbocycles. The number of carbonyl (C=O) groups excluding carboxylic acids is 2. The van der Waals surface area contributed by atoms with Crippen LogP contribution in [0.3, 0.4) is 0 Å². The van der Waals surface area contributed by atoms with Crippen molar-refractivity contribution in [3.63, 3.8) is 0 Å². The second kappa shape index (κ2) is 7.35. The molecule has 1 saturated heterocycles. The van der Waals surface area contributed by atoms with Crippen LogP contribution in [0, 0.1) is 6.92 Å². The third-order valence-electron chi connectivity index (χ3n) is 3.74. The molecule has 152 valence electrons. The fraction of sp³-hybridized carbons (Fsp3) is 0.688. The first-order valence-corrected chi connectivity index (χ1v) is 8.31. The van der Waals surface area contributed by atoms with Crippen molar-refractivity contribution in [2.75, 3.05) is 11.9 Å². The Balaban J connectivity index is 2.10. The van der Waals surface area contributed by atoms with E-state index in [1.807, 2.05) is 0 Å². The fourth-order valence-corrected chi connectivity index (χ4v) is 2.67. The van der Waals surface area contributed by atoms with E-state index in [2.05, 4.69) is 10.4 Å². The third kappa shape index (κ3) is 5.83. The van der Waals surface area contributed by atoms with Crippen molar-refractivity contribution >= 4 is 17.8 Å². The van der Waals surface area contributed by atoms with Gasteiger partial charge in [0.25, 0.3) is 0 Å². The Morgan fingerprint density at radius 2 is 1.96 bits per heavy atom. The highest BCUT2D eigenvalue weighted by Gasteiger charge is 2.42. The van der Waals surface area contributed by atoms with E-state index in [9.17, 15) is 27.2 Å². The van der Waals surface area contributed by atoms with Gasteiger partial charge in [0.05, 0.1) is 6.54 Å². The number of nitrogens with zero attached hydrogens (tertiary/aromatic N) is 3. The molecule has 7 nitrogen and oxygen atoms in total. The monoisotopic (exact) mass is 394 g/mol. The minimum Gasteiger partial charge on any atom is -0.444 e. The lowest BCUT2D eigenvalue weighted by atomic mass is 10.2. The Kier molecular flexibility index (Phi) is 5.71. The second-order valence-corrected chi connectivity index (χ2v) is 7.41. The maximum atomic E-state index is 13.8. The molecule has 27 heavy (non-hydrogen) atoms. The SMILES string of the molecule is Cc1cc(NC(=O)[C@@H]2C[C@@H](F)CN2C(=O)OC(C)(C)C)nn1CC(F)(F)F. The van der Waals surface area contributed by atoms with Crippen LogP contribution in [0.4, 0.5) is 28.2 Å². The molecule has 2 rings (SSSR count). The maximum absolute atomic E-state index is 13.8. The van der Waals surface area contributed by atoms with Crippen LogP contribution in [0.15, 0.2) is 6.07 Å². The number of aryl methyl sites for hydroxylation is 1. The molecule has 1 aromatic rings. The molecular formula is C16H22F4N4O3. The van der Waals surface area contributed by atoms with Gasteiger partial charge in [0.1, 0.15) is 24.4 Å². The lowest BCUT2D eigenvalue weighted by Gasteiger charge is -2.27. The molecule has 1 N–H and O–H groups in total. The van der Waals surface area contributed by atoms with E-state index < -0.39 is 42.5 Å². The summed E-state index contributed by atoms with van der Waals surface area (Å²) in [6, 6.07) is 0.131. The minimum absolute atomic E-state index is 0.104. The highest BCUT2D eigenvalue weighted by molar-refractivity contribution is 5.96. The lowest BCUT2D eigenvalue weighted by molar-refractivity contribution is -0.142. The molecule has 2 heterocycles. The number of hydrogen-bond donors (Lipinski definition) is 1.